The van der Waals surface area contributed by atoms with Crippen LogP contribution in [0, 0.1) is 42.4 Å². The Balaban J connectivity index is 2.10. The number of ether oxygens (including phenoxy) is 4. The molecule has 0 unspecified atom stereocenters. The van der Waals surface area contributed by atoms with E-state index < -0.39 is 42.1 Å². The highest BCUT2D eigenvalue weighted by Crippen LogP contribution is 2.39. The summed E-state index contributed by atoms with van der Waals surface area (Å²) in [5, 5.41) is 21.8. The first-order valence-electron chi connectivity index (χ1n) is 18.7. The Bertz CT molecular complexity index is 1290. The van der Waals surface area contributed by atoms with Gasteiger partial charge < -0.3 is 29.2 Å². The summed E-state index contributed by atoms with van der Waals surface area (Å²) in [6.45, 7) is 2.99. The Labute approximate surface area is 310 Å². The van der Waals surface area contributed by atoms with E-state index >= 15 is 0 Å². The van der Waals surface area contributed by atoms with E-state index in [-0.39, 0.29) is 56.4 Å². The number of hydrogen-bond donors (Lipinski definition) is 2. The van der Waals surface area contributed by atoms with Crippen LogP contribution in [0.3, 0.4) is 0 Å². The summed E-state index contributed by atoms with van der Waals surface area (Å²) in [6.07, 6.45) is 18.9. The molecule has 1 saturated carbocycles. The van der Waals surface area contributed by atoms with Crippen molar-refractivity contribution in [3.05, 3.63) is 48.0 Å². The van der Waals surface area contributed by atoms with Gasteiger partial charge in [-0.05, 0) is 95.5 Å². The van der Waals surface area contributed by atoms with Gasteiger partial charge in [-0.1, -0.05) is 42.5 Å². The first kappa shape index (κ1) is 44.0. The van der Waals surface area contributed by atoms with Crippen molar-refractivity contribution in [2.24, 2.45) is 17.8 Å². The molecule has 1 aliphatic rings. The summed E-state index contributed by atoms with van der Waals surface area (Å²) in [6, 6.07) is 9.79. The standard InChI is InChI=1S/C42H58O10/c1-5-7-12-21-39(45)49-29-33(30-50-40(46)22-13-8-6-2)42(48)52-34(25-24-32-18-14-11-15-19-32)26-27-36-35(37(43)28-38(36)44)20-16-9-10-17-23-41(47)51-31(3)4/h1-2,9,11,14-16,18-19,31,33-38,43-44H,7-8,10,12-13,17,20-30H2,3-4H3/b16-9-/t34-,35+,36+,37-,38+/m0/s1. The molecular weight excluding hydrogens is 664 g/mol. The summed E-state index contributed by atoms with van der Waals surface area (Å²) in [7, 11) is 0. The topological polar surface area (TPSA) is 146 Å². The summed E-state index contributed by atoms with van der Waals surface area (Å²) < 4.78 is 22.0. The molecule has 0 spiro atoms. The lowest BCUT2D eigenvalue weighted by Crippen LogP contribution is -2.33. The van der Waals surface area contributed by atoms with Crippen molar-refractivity contribution in [1.82, 2.24) is 0 Å². The van der Waals surface area contributed by atoms with Gasteiger partial charge in [-0.3, -0.25) is 19.2 Å². The van der Waals surface area contributed by atoms with Gasteiger partial charge in [0.2, 0.25) is 0 Å². The second kappa shape index (κ2) is 25.8. The van der Waals surface area contributed by atoms with Crippen molar-refractivity contribution in [2.45, 2.75) is 135 Å². The molecule has 0 aliphatic heterocycles. The average Bonchev–Trinajstić information content (AvgIpc) is 3.38. The molecule has 1 aromatic carbocycles. The number of carbonyl (C=O) groups is 4. The molecule has 1 aromatic rings. The Morgan fingerprint density at radius 3 is 2.00 bits per heavy atom. The second-order valence-corrected chi connectivity index (χ2v) is 13.7. The third kappa shape index (κ3) is 18.4. The fourth-order valence-electron chi connectivity index (χ4n) is 6.22. The largest absolute Gasteiger partial charge is 0.465 e. The Morgan fingerprint density at radius 1 is 0.808 bits per heavy atom. The van der Waals surface area contributed by atoms with E-state index in [4.69, 9.17) is 31.8 Å². The van der Waals surface area contributed by atoms with Gasteiger partial charge >= 0.3 is 23.9 Å². The van der Waals surface area contributed by atoms with Gasteiger partial charge in [-0.15, -0.1) is 24.7 Å². The number of aliphatic hydroxyl groups is 2. The van der Waals surface area contributed by atoms with Crippen molar-refractivity contribution in [3.8, 4) is 24.7 Å². The zero-order chi connectivity index (χ0) is 38.1. The minimum atomic E-state index is -1.04. The molecule has 1 fully saturated rings. The van der Waals surface area contributed by atoms with Crippen LogP contribution in [0.2, 0.25) is 0 Å². The Kier molecular flexibility index (Phi) is 21.8. The Hall–Kier alpha value is -4.12. The number of aryl methyl sites for hydroxylation is 1. The smallest absolute Gasteiger partial charge is 0.316 e. The molecule has 52 heavy (non-hydrogen) atoms. The monoisotopic (exact) mass is 722 g/mol. The molecule has 0 aromatic heterocycles. The molecule has 5 atom stereocenters. The minimum Gasteiger partial charge on any atom is -0.465 e. The van der Waals surface area contributed by atoms with Crippen LogP contribution in [0.15, 0.2) is 42.5 Å². The number of benzene rings is 1. The van der Waals surface area contributed by atoms with Crippen LogP contribution < -0.4 is 0 Å². The second-order valence-electron chi connectivity index (χ2n) is 13.7. The molecule has 0 amide bonds. The minimum absolute atomic E-state index is 0.0936. The van der Waals surface area contributed by atoms with Crippen LogP contribution in [0.5, 0.6) is 0 Å². The van der Waals surface area contributed by atoms with Gasteiger partial charge in [0, 0.05) is 32.1 Å². The summed E-state index contributed by atoms with van der Waals surface area (Å²) in [5.74, 6) is 1.58. The number of hydrogen-bond acceptors (Lipinski definition) is 10. The van der Waals surface area contributed by atoms with Gasteiger partial charge in [-0.25, -0.2) is 0 Å². The molecule has 2 rings (SSSR count). The number of rotatable bonds is 25. The van der Waals surface area contributed by atoms with E-state index in [2.05, 4.69) is 11.8 Å². The average molecular weight is 723 g/mol. The van der Waals surface area contributed by atoms with Crippen LogP contribution in [0.1, 0.15) is 109 Å². The van der Waals surface area contributed by atoms with E-state index in [0.29, 0.717) is 77.0 Å². The lowest BCUT2D eigenvalue weighted by molar-refractivity contribution is -0.164. The highest BCUT2D eigenvalue weighted by Gasteiger charge is 2.41. The molecule has 10 heteroatoms. The van der Waals surface area contributed by atoms with Crippen molar-refractivity contribution in [3.63, 3.8) is 0 Å². The molecule has 0 radical (unpaired) electrons. The highest BCUT2D eigenvalue weighted by molar-refractivity contribution is 5.75. The van der Waals surface area contributed by atoms with E-state index in [9.17, 15) is 29.4 Å². The van der Waals surface area contributed by atoms with Crippen molar-refractivity contribution < 1.29 is 48.3 Å². The first-order valence-corrected chi connectivity index (χ1v) is 18.7. The summed E-state index contributed by atoms with van der Waals surface area (Å²) in [5.41, 5.74) is 1.07. The maximum atomic E-state index is 13.6. The molecule has 286 valence electrons. The number of unbranched alkanes of at least 4 members (excludes halogenated alkanes) is 3. The number of allylic oxidation sites excluding steroid dienone is 2. The van der Waals surface area contributed by atoms with Crippen molar-refractivity contribution in [2.75, 3.05) is 13.2 Å². The van der Waals surface area contributed by atoms with Crippen LogP contribution in [-0.2, 0) is 44.5 Å². The maximum absolute atomic E-state index is 13.6. The third-order valence-corrected chi connectivity index (χ3v) is 9.05. The fourth-order valence-corrected chi connectivity index (χ4v) is 6.22. The zero-order valence-corrected chi connectivity index (χ0v) is 30.9. The zero-order valence-electron chi connectivity index (χ0n) is 30.9. The van der Waals surface area contributed by atoms with E-state index in [0.717, 1.165) is 5.56 Å². The number of esters is 4. The number of carbonyl (C=O) groups excluding carboxylic acids is 4. The lowest BCUT2D eigenvalue weighted by Gasteiger charge is -2.26. The quantitative estimate of drug-likeness (QED) is 0.0403. The van der Waals surface area contributed by atoms with Gasteiger partial charge in [-0.2, -0.15) is 0 Å². The SMILES string of the molecule is C#CCCCC(=O)OCC(COC(=O)CCCC#C)C(=O)O[C@@H](CCc1ccccc1)CC[C@@H]1[C@@H](C/C=C\CCCC(=O)OC(C)C)[C@@H](O)C[C@H]1O. The molecular formula is C42H58O10. The molecule has 2 N–H and O–H groups in total. The van der Waals surface area contributed by atoms with E-state index in [1.54, 1.807) is 0 Å². The fraction of sp³-hybridized carbons (Fsp3) is 0.619. The van der Waals surface area contributed by atoms with Crippen molar-refractivity contribution >= 4 is 23.9 Å². The van der Waals surface area contributed by atoms with Crippen LogP contribution in [0.25, 0.3) is 0 Å². The number of aliphatic hydroxyl groups excluding tert-OH is 2. The molecule has 0 bridgehead atoms. The third-order valence-electron chi connectivity index (χ3n) is 9.05. The first-order chi connectivity index (χ1) is 25.0. The van der Waals surface area contributed by atoms with E-state index in [1.165, 1.54) is 0 Å². The van der Waals surface area contributed by atoms with Crippen LogP contribution in [0.4, 0.5) is 0 Å². The molecule has 10 nitrogen and oxygen atoms in total. The van der Waals surface area contributed by atoms with Gasteiger partial charge in [0.25, 0.3) is 0 Å². The van der Waals surface area contributed by atoms with Crippen LogP contribution >= 0.6 is 0 Å². The number of terminal acetylenes is 2. The van der Waals surface area contributed by atoms with Gasteiger partial charge in [0.05, 0.1) is 18.3 Å². The van der Waals surface area contributed by atoms with Crippen molar-refractivity contribution in [1.29, 1.82) is 0 Å². The van der Waals surface area contributed by atoms with Gasteiger partial charge in [0.15, 0.2) is 0 Å². The highest BCUT2D eigenvalue weighted by atomic mass is 16.6. The Morgan fingerprint density at radius 2 is 1.40 bits per heavy atom. The van der Waals surface area contributed by atoms with Gasteiger partial charge in [0.1, 0.15) is 25.2 Å². The van der Waals surface area contributed by atoms with E-state index in [1.807, 2.05) is 56.3 Å². The molecule has 1 aliphatic carbocycles. The van der Waals surface area contributed by atoms with Crippen LogP contribution in [-0.4, -0.2) is 71.7 Å². The predicted octanol–water partition coefficient (Wildman–Crippen LogP) is 6.05. The summed E-state index contributed by atoms with van der Waals surface area (Å²) >= 11 is 0. The summed E-state index contributed by atoms with van der Waals surface area (Å²) in [4.78, 5) is 50.1. The maximum Gasteiger partial charge on any atom is 0.316 e. The lowest BCUT2D eigenvalue weighted by atomic mass is 9.85. The molecule has 0 saturated heterocycles. The normalized spacial score (nSPS) is 18.8. The predicted molar refractivity (Wildman–Crippen MR) is 197 cm³/mol. The molecule has 0 heterocycles.